The van der Waals surface area contributed by atoms with E-state index in [0.717, 1.165) is 30.8 Å². The molecule has 0 saturated heterocycles. The smallest absolute Gasteiger partial charge is 0.225 e. The van der Waals surface area contributed by atoms with E-state index in [1.807, 2.05) is 24.3 Å². The van der Waals surface area contributed by atoms with Gasteiger partial charge in [-0.3, -0.25) is 4.79 Å². The molecular formula is C20H26FNO2S. The molecule has 1 aromatic heterocycles. The molecule has 3 nitrogen and oxygen atoms in total. The van der Waals surface area contributed by atoms with Crippen molar-refractivity contribution in [3.05, 3.63) is 46.4 Å². The number of alkyl halides is 1. The molecule has 0 aliphatic heterocycles. The lowest BCUT2D eigenvalue weighted by molar-refractivity contribution is 0.0867. The van der Waals surface area contributed by atoms with Crippen molar-refractivity contribution in [3.8, 4) is 5.75 Å². The number of hydrogen-bond acceptors (Lipinski definition) is 4. The first-order valence-electron chi connectivity index (χ1n) is 9.00. The number of aromatic nitrogens is 1. The van der Waals surface area contributed by atoms with Gasteiger partial charge in [0.1, 0.15) is 5.75 Å². The molecule has 0 aliphatic carbocycles. The lowest BCUT2D eigenvalue weighted by Crippen LogP contribution is -2.15. The van der Waals surface area contributed by atoms with Crippen molar-refractivity contribution in [3.63, 3.8) is 0 Å². The normalized spacial score (nSPS) is 12.1. The van der Waals surface area contributed by atoms with Crippen molar-refractivity contribution in [2.24, 2.45) is 0 Å². The van der Waals surface area contributed by atoms with E-state index in [2.05, 4.69) is 11.9 Å². The standard InChI is InChI=1S/C20H26FNO2S/c1-2-3-4-5-14-24-17-11-9-16(10-12-17)7-6-8-18(21)19(23)20-22-13-15-25-20/h9-13,15,18H,2-8,14H2,1H3. The third-order valence-electron chi connectivity index (χ3n) is 4.04. The van der Waals surface area contributed by atoms with Crippen molar-refractivity contribution >= 4 is 17.1 Å². The van der Waals surface area contributed by atoms with Gasteiger partial charge in [0.15, 0.2) is 11.2 Å². The number of thiazole rings is 1. The number of ether oxygens (including phenoxy) is 1. The van der Waals surface area contributed by atoms with Crippen molar-refractivity contribution in [1.29, 1.82) is 0 Å². The summed E-state index contributed by atoms with van der Waals surface area (Å²) in [5.41, 5.74) is 1.13. The summed E-state index contributed by atoms with van der Waals surface area (Å²) in [6.07, 6.45) is 6.45. The molecule has 1 atom stereocenters. The van der Waals surface area contributed by atoms with Crippen LogP contribution in [0.3, 0.4) is 0 Å². The minimum Gasteiger partial charge on any atom is -0.494 e. The lowest BCUT2D eigenvalue weighted by atomic mass is 10.0. The Hall–Kier alpha value is -1.75. The van der Waals surface area contributed by atoms with Crippen molar-refractivity contribution < 1.29 is 13.9 Å². The van der Waals surface area contributed by atoms with Gasteiger partial charge in [-0.2, -0.15) is 0 Å². The molecule has 0 aliphatic rings. The summed E-state index contributed by atoms with van der Waals surface area (Å²) < 4.78 is 19.7. The van der Waals surface area contributed by atoms with Gasteiger partial charge in [0.2, 0.25) is 5.78 Å². The van der Waals surface area contributed by atoms with Crippen LogP contribution in [0, 0.1) is 0 Å². The summed E-state index contributed by atoms with van der Waals surface area (Å²) in [6.45, 7) is 2.95. The molecule has 0 spiro atoms. The topological polar surface area (TPSA) is 39.2 Å². The van der Waals surface area contributed by atoms with Crippen LogP contribution in [0.4, 0.5) is 4.39 Å². The highest BCUT2D eigenvalue weighted by Crippen LogP contribution is 2.17. The minimum atomic E-state index is -1.46. The third-order valence-corrected chi connectivity index (χ3v) is 4.83. The van der Waals surface area contributed by atoms with Gasteiger partial charge in [-0.15, -0.1) is 11.3 Å². The Morgan fingerprint density at radius 3 is 2.68 bits per heavy atom. The molecule has 25 heavy (non-hydrogen) atoms. The number of Topliss-reactive ketones (excluding diaryl/α,β-unsaturated/α-hetero) is 1. The summed E-state index contributed by atoms with van der Waals surface area (Å²) in [5.74, 6) is 0.379. The Kier molecular flexibility index (Phi) is 8.60. The molecule has 0 bridgehead atoms. The molecule has 136 valence electrons. The molecule has 5 heteroatoms. The number of benzene rings is 1. The Morgan fingerprint density at radius 1 is 1.20 bits per heavy atom. The zero-order valence-corrected chi connectivity index (χ0v) is 15.6. The second-order valence-corrected chi connectivity index (χ2v) is 7.01. The summed E-state index contributed by atoms with van der Waals surface area (Å²) in [7, 11) is 0. The van der Waals surface area contributed by atoms with Gasteiger partial charge in [0, 0.05) is 11.6 Å². The van der Waals surface area contributed by atoms with Gasteiger partial charge in [-0.1, -0.05) is 38.3 Å². The average Bonchev–Trinajstić information content (AvgIpc) is 3.16. The summed E-state index contributed by atoms with van der Waals surface area (Å²) >= 11 is 1.19. The van der Waals surface area contributed by atoms with Crippen LogP contribution in [-0.4, -0.2) is 23.5 Å². The molecule has 2 rings (SSSR count). The molecule has 0 amide bonds. The summed E-state index contributed by atoms with van der Waals surface area (Å²) in [4.78, 5) is 15.7. The Bertz CT molecular complexity index is 613. The number of nitrogens with zero attached hydrogens (tertiary/aromatic N) is 1. The monoisotopic (exact) mass is 363 g/mol. The van der Waals surface area contributed by atoms with Crippen LogP contribution in [0.5, 0.6) is 5.75 Å². The largest absolute Gasteiger partial charge is 0.494 e. The quantitative estimate of drug-likeness (QED) is 0.361. The average molecular weight is 363 g/mol. The maximum Gasteiger partial charge on any atom is 0.225 e. The predicted octanol–water partition coefficient (Wildman–Crippen LogP) is 5.65. The highest BCUT2D eigenvalue weighted by molar-refractivity contribution is 7.11. The number of rotatable bonds is 12. The first kappa shape index (κ1) is 19.6. The van der Waals surface area contributed by atoms with Gasteiger partial charge >= 0.3 is 0 Å². The summed E-state index contributed by atoms with van der Waals surface area (Å²) in [5, 5.41) is 1.95. The maximum atomic E-state index is 14.0. The fourth-order valence-corrected chi connectivity index (χ4v) is 3.18. The van der Waals surface area contributed by atoms with Gasteiger partial charge in [0.25, 0.3) is 0 Å². The Balaban J connectivity index is 1.66. The zero-order valence-electron chi connectivity index (χ0n) is 14.7. The highest BCUT2D eigenvalue weighted by atomic mass is 32.1. The molecule has 1 unspecified atom stereocenters. The number of carbonyl (C=O) groups excluding carboxylic acids is 1. The lowest BCUT2D eigenvalue weighted by Gasteiger charge is -2.08. The minimum absolute atomic E-state index is 0.230. The van der Waals surface area contributed by atoms with Crippen molar-refractivity contribution in [2.45, 2.75) is 58.0 Å². The van der Waals surface area contributed by atoms with Gasteiger partial charge in [-0.25, -0.2) is 9.37 Å². The zero-order chi connectivity index (χ0) is 17.9. The molecule has 0 N–H and O–H groups in total. The summed E-state index contributed by atoms with van der Waals surface area (Å²) in [6, 6.07) is 7.94. The SMILES string of the molecule is CCCCCCOc1ccc(CCCC(F)C(=O)c2nccs2)cc1. The Labute approximate surface area is 153 Å². The molecule has 1 aromatic carbocycles. The van der Waals surface area contributed by atoms with Crippen LogP contribution in [0.15, 0.2) is 35.8 Å². The van der Waals surface area contributed by atoms with Crippen LogP contribution in [0.25, 0.3) is 0 Å². The first-order chi connectivity index (χ1) is 12.2. The molecule has 0 fully saturated rings. The van der Waals surface area contributed by atoms with E-state index in [1.54, 1.807) is 5.38 Å². The number of carbonyl (C=O) groups is 1. The van der Waals surface area contributed by atoms with E-state index in [4.69, 9.17) is 4.74 Å². The van der Waals surface area contributed by atoms with Crippen LogP contribution >= 0.6 is 11.3 Å². The van der Waals surface area contributed by atoms with Crippen molar-refractivity contribution in [1.82, 2.24) is 4.98 Å². The molecule has 0 radical (unpaired) electrons. The molecule has 2 aromatic rings. The second-order valence-electron chi connectivity index (χ2n) is 6.11. The molecule has 1 heterocycles. The number of hydrogen-bond donors (Lipinski definition) is 0. The number of halogens is 1. The fourth-order valence-electron chi connectivity index (χ4n) is 2.57. The number of aryl methyl sites for hydroxylation is 1. The second kappa shape index (κ2) is 11.0. The van der Waals surface area contributed by atoms with Crippen LogP contribution in [0.1, 0.15) is 60.8 Å². The number of unbranched alkanes of at least 4 members (excludes halogenated alkanes) is 3. The van der Waals surface area contributed by atoms with Crippen LogP contribution in [-0.2, 0) is 6.42 Å². The molecular weight excluding hydrogens is 337 g/mol. The van der Waals surface area contributed by atoms with Crippen molar-refractivity contribution in [2.75, 3.05) is 6.61 Å². The van der Waals surface area contributed by atoms with E-state index in [9.17, 15) is 9.18 Å². The van der Waals surface area contributed by atoms with Crippen LogP contribution < -0.4 is 4.74 Å². The van der Waals surface area contributed by atoms with Gasteiger partial charge < -0.3 is 4.74 Å². The van der Waals surface area contributed by atoms with Gasteiger partial charge in [0.05, 0.1) is 6.61 Å². The predicted molar refractivity (Wildman–Crippen MR) is 100 cm³/mol. The van der Waals surface area contributed by atoms with E-state index in [-0.39, 0.29) is 11.4 Å². The van der Waals surface area contributed by atoms with Crippen LogP contribution in [0.2, 0.25) is 0 Å². The van der Waals surface area contributed by atoms with E-state index >= 15 is 0 Å². The third kappa shape index (κ3) is 6.94. The highest BCUT2D eigenvalue weighted by Gasteiger charge is 2.20. The number of ketones is 1. The molecule has 0 saturated carbocycles. The maximum absolute atomic E-state index is 14.0. The Morgan fingerprint density at radius 2 is 2.00 bits per heavy atom. The van der Waals surface area contributed by atoms with E-state index < -0.39 is 12.0 Å². The fraction of sp³-hybridized carbons (Fsp3) is 0.500. The van der Waals surface area contributed by atoms with Gasteiger partial charge in [-0.05, 0) is 43.4 Å². The van der Waals surface area contributed by atoms with E-state index in [0.29, 0.717) is 6.42 Å². The van der Waals surface area contributed by atoms with E-state index in [1.165, 1.54) is 36.8 Å². The first-order valence-corrected chi connectivity index (χ1v) is 9.88.